The van der Waals surface area contributed by atoms with E-state index in [4.69, 9.17) is 10.5 Å². The summed E-state index contributed by atoms with van der Waals surface area (Å²) in [4.78, 5) is 34.5. The molecule has 9 nitrogen and oxygen atoms in total. The first kappa shape index (κ1) is 22.8. The monoisotopic (exact) mass is 458 g/mol. The molecule has 0 saturated heterocycles. The van der Waals surface area contributed by atoms with Crippen molar-refractivity contribution >= 4 is 40.0 Å². The summed E-state index contributed by atoms with van der Waals surface area (Å²) in [6, 6.07) is 11.9. The average molecular weight is 459 g/mol. The molecule has 0 aliphatic rings. The molecule has 0 bridgehead atoms. The molecular weight excluding hydrogens is 432 g/mol. The number of carbonyl (C=O) groups excluding carboxylic acids is 2. The van der Waals surface area contributed by atoms with E-state index in [9.17, 15) is 9.59 Å². The lowest BCUT2D eigenvalue weighted by Gasteiger charge is -2.13. The maximum atomic E-state index is 13.5. The SMILES string of the molecule is COc1ccc(C(=O)c2cn(C(C)C)c3ncnc(N)c23)cc1NC(=O)Nc1cccc(C)c1. The molecule has 2 heterocycles. The van der Waals surface area contributed by atoms with Crippen molar-refractivity contribution in [1.29, 1.82) is 0 Å². The molecule has 2 aromatic heterocycles. The molecule has 9 heteroatoms. The van der Waals surface area contributed by atoms with E-state index in [0.29, 0.717) is 39.3 Å². The van der Waals surface area contributed by atoms with Crippen molar-refractivity contribution < 1.29 is 14.3 Å². The number of hydrogen-bond donors (Lipinski definition) is 3. The van der Waals surface area contributed by atoms with Crippen LogP contribution >= 0.6 is 0 Å². The predicted molar refractivity (Wildman–Crippen MR) is 133 cm³/mol. The second-order valence-corrected chi connectivity index (χ2v) is 8.19. The Balaban J connectivity index is 1.68. The molecular formula is C25H26N6O3. The van der Waals surface area contributed by atoms with Crippen LogP contribution in [0.2, 0.25) is 0 Å². The van der Waals surface area contributed by atoms with Crippen LogP contribution in [-0.4, -0.2) is 33.5 Å². The van der Waals surface area contributed by atoms with Gasteiger partial charge in [-0.05, 0) is 56.7 Å². The molecule has 4 rings (SSSR count). The number of hydrogen-bond acceptors (Lipinski definition) is 6. The third-order valence-electron chi connectivity index (χ3n) is 5.43. The van der Waals surface area contributed by atoms with E-state index in [-0.39, 0.29) is 17.6 Å². The molecule has 0 spiro atoms. The van der Waals surface area contributed by atoms with Gasteiger partial charge in [-0.15, -0.1) is 0 Å². The van der Waals surface area contributed by atoms with Crippen molar-refractivity contribution in [2.24, 2.45) is 0 Å². The third kappa shape index (κ3) is 4.40. The van der Waals surface area contributed by atoms with Crippen LogP contribution in [-0.2, 0) is 0 Å². The van der Waals surface area contributed by atoms with Crippen LogP contribution in [0.3, 0.4) is 0 Å². The van der Waals surface area contributed by atoms with Crippen molar-refractivity contribution in [2.45, 2.75) is 26.8 Å². The van der Waals surface area contributed by atoms with Crippen molar-refractivity contribution in [3.8, 4) is 5.75 Å². The molecule has 0 aliphatic carbocycles. The highest BCUT2D eigenvalue weighted by molar-refractivity contribution is 6.18. The average Bonchev–Trinajstić information content (AvgIpc) is 3.20. The normalized spacial score (nSPS) is 11.0. The van der Waals surface area contributed by atoms with Gasteiger partial charge in [0, 0.05) is 23.5 Å². The Kier molecular flexibility index (Phi) is 6.18. The maximum Gasteiger partial charge on any atom is 0.323 e. The van der Waals surface area contributed by atoms with Crippen LogP contribution in [0.25, 0.3) is 11.0 Å². The smallest absolute Gasteiger partial charge is 0.323 e. The van der Waals surface area contributed by atoms with E-state index in [0.717, 1.165) is 5.56 Å². The highest BCUT2D eigenvalue weighted by Crippen LogP contribution is 2.31. The number of ketones is 1. The van der Waals surface area contributed by atoms with Gasteiger partial charge < -0.3 is 25.7 Å². The Labute approximate surface area is 197 Å². The molecule has 34 heavy (non-hydrogen) atoms. The second-order valence-electron chi connectivity index (χ2n) is 8.19. The Bertz CT molecular complexity index is 1390. The molecule has 0 unspecified atom stereocenters. The van der Waals surface area contributed by atoms with E-state index >= 15 is 0 Å². The maximum absolute atomic E-state index is 13.5. The Morgan fingerprint density at radius 3 is 2.59 bits per heavy atom. The molecule has 174 valence electrons. The molecule has 0 saturated carbocycles. The van der Waals surface area contributed by atoms with Gasteiger partial charge in [-0.1, -0.05) is 12.1 Å². The fourth-order valence-electron chi connectivity index (χ4n) is 3.78. The van der Waals surface area contributed by atoms with E-state index in [1.807, 2.05) is 43.5 Å². The van der Waals surface area contributed by atoms with Crippen LogP contribution in [0, 0.1) is 6.92 Å². The quantitative estimate of drug-likeness (QED) is 0.357. The fourth-order valence-corrected chi connectivity index (χ4v) is 3.78. The van der Waals surface area contributed by atoms with Gasteiger partial charge in [-0.25, -0.2) is 14.8 Å². The van der Waals surface area contributed by atoms with Gasteiger partial charge in [-0.3, -0.25) is 4.79 Å². The highest BCUT2D eigenvalue weighted by atomic mass is 16.5. The van der Waals surface area contributed by atoms with E-state index in [1.165, 1.54) is 13.4 Å². The number of anilines is 3. The summed E-state index contributed by atoms with van der Waals surface area (Å²) < 4.78 is 7.27. The largest absolute Gasteiger partial charge is 0.495 e. The number of amides is 2. The summed E-state index contributed by atoms with van der Waals surface area (Å²) in [7, 11) is 1.49. The van der Waals surface area contributed by atoms with Crippen molar-refractivity contribution in [3.63, 3.8) is 0 Å². The number of carbonyl (C=O) groups is 2. The lowest BCUT2D eigenvalue weighted by molar-refractivity contribution is 0.104. The number of aryl methyl sites for hydroxylation is 1. The summed E-state index contributed by atoms with van der Waals surface area (Å²) in [5, 5.41) is 6.05. The molecule has 2 aromatic carbocycles. The zero-order valence-electron chi connectivity index (χ0n) is 19.4. The standard InChI is InChI=1S/C25H26N6O3/c1-14(2)31-12-18(21-23(26)27-13-28-24(21)31)22(32)16-8-9-20(34-4)19(11-16)30-25(33)29-17-7-5-6-15(3)10-17/h5-14H,1-4H3,(H2,26,27,28)(H2,29,30,33). The molecule has 0 atom stereocenters. The number of nitrogens with one attached hydrogen (secondary N) is 2. The first-order valence-corrected chi connectivity index (χ1v) is 10.8. The van der Waals surface area contributed by atoms with Crippen molar-refractivity contribution in [3.05, 3.63) is 71.7 Å². The number of nitrogens with two attached hydrogens (primary N) is 1. The van der Waals surface area contributed by atoms with Crippen LogP contribution in [0.5, 0.6) is 5.75 Å². The van der Waals surface area contributed by atoms with Crippen LogP contribution in [0.15, 0.2) is 55.0 Å². The van der Waals surface area contributed by atoms with Gasteiger partial charge in [0.15, 0.2) is 5.78 Å². The molecule has 4 aromatic rings. The minimum atomic E-state index is -0.456. The predicted octanol–water partition coefficient (Wildman–Crippen LogP) is 4.79. The summed E-state index contributed by atoms with van der Waals surface area (Å²) in [5.41, 5.74) is 9.48. The molecule has 0 aliphatic heterocycles. The van der Waals surface area contributed by atoms with Gasteiger partial charge >= 0.3 is 6.03 Å². The number of aromatic nitrogens is 3. The van der Waals surface area contributed by atoms with Gasteiger partial charge in [0.05, 0.1) is 23.7 Å². The summed E-state index contributed by atoms with van der Waals surface area (Å²) in [6.45, 7) is 5.93. The zero-order valence-corrected chi connectivity index (χ0v) is 19.4. The van der Waals surface area contributed by atoms with E-state index in [2.05, 4.69) is 20.6 Å². The molecule has 0 fully saturated rings. The Morgan fingerprint density at radius 1 is 1.09 bits per heavy atom. The van der Waals surface area contributed by atoms with Crippen LogP contribution < -0.4 is 21.1 Å². The number of benzene rings is 2. The summed E-state index contributed by atoms with van der Waals surface area (Å²) >= 11 is 0. The molecule has 2 amide bonds. The first-order chi connectivity index (χ1) is 16.3. The van der Waals surface area contributed by atoms with E-state index < -0.39 is 6.03 Å². The minimum absolute atomic E-state index is 0.0664. The van der Waals surface area contributed by atoms with Gasteiger partial charge in [0.1, 0.15) is 23.5 Å². The first-order valence-electron chi connectivity index (χ1n) is 10.8. The van der Waals surface area contributed by atoms with Crippen molar-refractivity contribution in [1.82, 2.24) is 14.5 Å². The number of nitrogens with zero attached hydrogens (tertiary/aromatic N) is 3. The van der Waals surface area contributed by atoms with Crippen LogP contribution in [0.4, 0.5) is 22.0 Å². The third-order valence-corrected chi connectivity index (χ3v) is 5.43. The topological polar surface area (TPSA) is 124 Å². The number of methoxy groups -OCH3 is 1. The minimum Gasteiger partial charge on any atom is -0.495 e. The summed E-state index contributed by atoms with van der Waals surface area (Å²) in [5.74, 6) is 0.385. The van der Waals surface area contributed by atoms with Crippen LogP contribution in [0.1, 0.15) is 41.4 Å². The van der Waals surface area contributed by atoms with Crippen molar-refractivity contribution in [2.75, 3.05) is 23.5 Å². The molecule has 4 N–H and O–H groups in total. The van der Waals surface area contributed by atoms with Gasteiger partial charge in [0.25, 0.3) is 0 Å². The number of urea groups is 1. The second kappa shape index (κ2) is 9.22. The number of fused-ring (bicyclic) bond motifs is 1. The molecule has 0 radical (unpaired) electrons. The summed E-state index contributed by atoms with van der Waals surface area (Å²) in [6.07, 6.45) is 3.12. The lowest BCUT2D eigenvalue weighted by Crippen LogP contribution is -2.20. The number of rotatable bonds is 6. The van der Waals surface area contributed by atoms with Gasteiger partial charge in [-0.2, -0.15) is 0 Å². The highest BCUT2D eigenvalue weighted by Gasteiger charge is 2.22. The van der Waals surface area contributed by atoms with E-state index in [1.54, 1.807) is 30.5 Å². The van der Waals surface area contributed by atoms with Gasteiger partial charge in [0.2, 0.25) is 0 Å². The Hall–Kier alpha value is -4.40. The Morgan fingerprint density at radius 2 is 1.88 bits per heavy atom. The fraction of sp³-hybridized carbons (Fsp3) is 0.200. The number of nitrogen functional groups attached to an aromatic ring is 1. The number of ether oxygens (including phenoxy) is 1. The zero-order chi connectivity index (χ0) is 24.4. The lowest BCUT2D eigenvalue weighted by atomic mass is 10.0.